The van der Waals surface area contributed by atoms with Crippen molar-refractivity contribution in [1.82, 2.24) is 9.78 Å². The summed E-state index contributed by atoms with van der Waals surface area (Å²) >= 11 is 0. The number of esters is 1. The number of fused-ring (bicyclic) bond motifs is 3. The molecule has 0 saturated heterocycles. The van der Waals surface area contributed by atoms with Crippen LogP contribution in [0.3, 0.4) is 0 Å². The van der Waals surface area contributed by atoms with E-state index in [4.69, 9.17) is 4.74 Å². The number of allylic oxidation sites excluding steroid dienone is 1. The Kier molecular flexibility index (Phi) is 3.84. The van der Waals surface area contributed by atoms with Crippen molar-refractivity contribution >= 4 is 23.2 Å². The van der Waals surface area contributed by atoms with Crippen LogP contribution in [-0.2, 0) is 15.1 Å². The van der Waals surface area contributed by atoms with E-state index in [0.29, 0.717) is 23.6 Å². The lowest BCUT2D eigenvalue weighted by Gasteiger charge is -2.34. The van der Waals surface area contributed by atoms with Gasteiger partial charge in [0.2, 0.25) is 5.54 Å². The predicted molar refractivity (Wildman–Crippen MR) is 101 cm³/mol. The monoisotopic (exact) mass is 361 g/mol. The van der Waals surface area contributed by atoms with E-state index in [1.165, 1.54) is 6.20 Å². The molecule has 7 nitrogen and oxygen atoms in total. The van der Waals surface area contributed by atoms with E-state index < -0.39 is 5.54 Å². The first-order chi connectivity index (χ1) is 13.0. The van der Waals surface area contributed by atoms with Gasteiger partial charge in [-0.2, -0.15) is 10.4 Å². The average molecular weight is 361 g/mol. The van der Waals surface area contributed by atoms with E-state index in [2.05, 4.69) is 21.1 Å². The van der Waals surface area contributed by atoms with E-state index in [9.17, 15) is 10.1 Å². The summed E-state index contributed by atoms with van der Waals surface area (Å²) in [4.78, 5) is 19.9. The second-order valence-electron chi connectivity index (χ2n) is 6.57. The number of rotatable bonds is 3. The molecule has 1 atom stereocenters. The molecule has 0 aliphatic carbocycles. The van der Waals surface area contributed by atoms with Crippen LogP contribution in [0.1, 0.15) is 26.3 Å². The van der Waals surface area contributed by atoms with Crippen molar-refractivity contribution in [3.63, 3.8) is 0 Å². The van der Waals surface area contributed by atoms with Gasteiger partial charge in [0.05, 0.1) is 19.3 Å². The van der Waals surface area contributed by atoms with Gasteiger partial charge in [-0.1, -0.05) is 18.2 Å². The highest BCUT2D eigenvalue weighted by molar-refractivity contribution is 6.10. The van der Waals surface area contributed by atoms with Crippen LogP contribution in [0.25, 0.3) is 0 Å². The molecule has 0 fully saturated rings. The quantitative estimate of drug-likeness (QED) is 0.785. The van der Waals surface area contributed by atoms with Gasteiger partial charge in [-0.25, -0.2) is 14.5 Å². The third-order valence-corrected chi connectivity index (χ3v) is 5.11. The van der Waals surface area contributed by atoms with Gasteiger partial charge < -0.3 is 9.64 Å². The highest BCUT2D eigenvalue weighted by Gasteiger charge is 2.57. The number of carbonyl (C=O) groups excluding carboxylic acids is 1. The number of nitrogens with zero attached hydrogens (tertiary/aromatic N) is 5. The van der Waals surface area contributed by atoms with Crippen LogP contribution in [0.15, 0.2) is 52.8 Å². The van der Waals surface area contributed by atoms with Crippen molar-refractivity contribution in [3.8, 4) is 6.07 Å². The Hall–Kier alpha value is -3.40. The topological polar surface area (TPSA) is 83.5 Å². The Labute approximate surface area is 157 Å². The first-order valence-electron chi connectivity index (χ1n) is 8.80. The molecule has 2 aromatic rings. The van der Waals surface area contributed by atoms with E-state index in [0.717, 1.165) is 17.0 Å². The van der Waals surface area contributed by atoms with Crippen molar-refractivity contribution in [1.29, 1.82) is 5.26 Å². The van der Waals surface area contributed by atoms with Gasteiger partial charge in [-0.3, -0.25) is 0 Å². The first-order valence-corrected chi connectivity index (χ1v) is 8.80. The molecule has 2 aliphatic rings. The Morgan fingerprint density at radius 1 is 1.33 bits per heavy atom. The molecular weight excluding hydrogens is 342 g/mol. The van der Waals surface area contributed by atoms with Gasteiger partial charge in [0, 0.05) is 22.7 Å². The van der Waals surface area contributed by atoms with Gasteiger partial charge in [-0.05, 0) is 32.9 Å². The number of ether oxygens (including phenoxy) is 1. The summed E-state index contributed by atoms with van der Waals surface area (Å²) < 4.78 is 7.02. The van der Waals surface area contributed by atoms with Crippen LogP contribution in [0, 0.1) is 11.3 Å². The smallest absolute Gasteiger partial charge is 0.340 e. The zero-order chi connectivity index (χ0) is 19.2. The Bertz CT molecular complexity index is 1030. The van der Waals surface area contributed by atoms with Crippen molar-refractivity contribution in [3.05, 3.63) is 53.4 Å². The maximum absolute atomic E-state index is 13.2. The molecule has 3 heterocycles. The second kappa shape index (κ2) is 6.09. The normalized spacial score (nSPS) is 20.7. The molecule has 7 heteroatoms. The van der Waals surface area contributed by atoms with Crippen molar-refractivity contribution in [2.24, 2.45) is 4.99 Å². The van der Waals surface area contributed by atoms with Gasteiger partial charge in [0.25, 0.3) is 0 Å². The van der Waals surface area contributed by atoms with Gasteiger partial charge in [-0.15, -0.1) is 0 Å². The number of aliphatic imine (C=N–C) groups is 1. The van der Waals surface area contributed by atoms with E-state index in [-0.39, 0.29) is 12.6 Å². The van der Waals surface area contributed by atoms with Gasteiger partial charge in [0.1, 0.15) is 11.6 Å². The lowest BCUT2D eigenvalue weighted by molar-refractivity contribution is -0.151. The summed E-state index contributed by atoms with van der Waals surface area (Å²) in [6.07, 6.45) is 1.45. The molecule has 1 aromatic heterocycles. The molecule has 0 saturated carbocycles. The summed E-state index contributed by atoms with van der Waals surface area (Å²) in [5.41, 5.74) is 2.56. The van der Waals surface area contributed by atoms with Gasteiger partial charge in [0.15, 0.2) is 5.82 Å². The van der Waals surface area contributed by atoms with Crippen LogP contribution in [0.4, 0.5) is 11.5 Å². The molecule has 0 amide bonds. The van der Waals surface area contributed by atoms with Crippen molar-refractivity contribution < 1.29 is 9.53 Å². The summed E-state index contributed by atoms with van der Waals surface area (Å²) in [6, 6.07) is 12.0. The van der Waals surface area contributed by atoms with E-state index >= 15 is 0 Å². The minimum absolute atomic E-state index is 0.260. The molecule has 0 radical (unpaired) electrons. The molecular formula is C20H19N5O2. The SMILES string of the molecule is CCOC(=O)C12CN(c3ccccc3)C(C)=C1C(C)=Nc1c(C#N)cnn12. The van der Waals surface area contributed by atoms with Crippen molar-refractivity contribution in [2.75, 3.05) is 18.1 Å². The fourth-order valence-corrected chi connectivity index (χ4v) is 4.01. The largest absolute Gasteiger partial charge is 0.464 e. The Morgan fingerprint density at radius 3 is 2.74 bits per heavy atom. The minimum atomic E-state index is -1.16. The maximum Gasteiger partial charge on any atom is 0.340 e. The summed E-state index contributed by atoms with van der Waals surface area (Å²) in [7, 11) is 0. The summed E-state index contributed by atoms with van der Waals surface area (Å²) in [5, 5.41) is 13.8. The maximum atomic E-state index is 13.2. The zero-order valence-corrected chi connectivity index (χ0v) is 15.4. The summed E-state index contributed by atoms with van der Waals surface area (Å²) in [5.74, 6) is 0.00962. The highest BCUT2D eigenvalue weighted by Crippen LogP contribution is 2.46. The molecule has 136 valence electrons. The molecule has 0 bridgehead atoms. The molecule has 2 aliphatic heterocycles. The summed E-state index contributed by atoms with van der Waals surface area (Å²) in [6.45, 7) is 6.21. The molecule has 4 rings (SSSR count). The second-order valence-corrected chi connectivity index (χ2v) is 6.57. The van der Waals surface area contributed by atoms with Crippen LogP contribution in [0.5, 0.6) is 0 Å². The number of aromatic nitrogens is 2. The number of hydrogen-bond donors (Lipinski definition) is 0. The number of anilines is 1. The lowest BCUT2D eigenvalue weighted by Crippen LogP contribution is -2.51. The third-order valence-electron chi connectivity index (χ3n) is 5.11. The molecule has 27 heavy (non-hydrogen) atoms. The highest BCUT2D eigenvalue weighted by atomic mass is 16.5. The molecule has 1 aromatic carbocycles. The van der Waals surface area contributed by atoms with Crippen LogP contribution < -0.4 is 4.90 Å². The van der Waals surface area contributed by atoms with E-state index in [1.54, 1.807) is 11.6 Å². The predicted octanol–water partition coefficient (Wildman–Crippen LogP) is 2.91. The number of hydrogen-bond acceptors (Lipinski definition) is 6. The number of benzene rings is 1. The minimum Gasteiger partial charge on any atom is -0.464 e. The van der Waals surface area contributed by atoms with Gasteiger partial charge >= 0.3 is 5.97 Å². The standard InChI is InChI=1S/C20H19N5O2/c1-4-27-19(26)20-12-24(16-8-6-5-7-9-16)14(3)17(20)13(2)23-18-15(10-21)11-22-25(18)20/h5-9,11H,4,12H2,1-3H3. The average Bonchev–Trinajstić information content (AvgIpc) is 3.22. The number of nitriles is 1. The van der Waals surface area contributed by atoms with Crippen LogP contribution in [0.2, 0.25) is 0 Å². The zero-order valence-electron chi connectivity index (χ0n) is 15.4. The fraction of sp³-hybridized carbons (Fsp3) is 0.300. The van der Waals surface area contributed by atoms with Crippen molar-refractivity contribution in [2.45, 2.75) is 26.3 Å². The molecule has 1 unspecified atom stereocenters. The third kappa shape index (κ3) is 2.23. The number of carbonyl (C=O) groups is 1. The fourth-order valence-electron chi connectivity index (χ4n) is 4.01. The van der Waals surface area contributed by atoms with Crippen LogP contribution >= 0.6 is 0 Å². The first kappa shape index (κ1) is 17.0. The number of para-hydroxylation sites is 1. The molecule has 0 N–H and O–H groups in total. The Morgan fingerprint density at radius 2 is 2.07 bits per heavy atom. The van der Waals surface area contributed by atoms with Crippen LogP contribution in [-0.4, -0.2) is 34.6 Å². The lowest BCUT2D eigenvalue weighted by atomic mass is 9.87. The Balaban J connectivity index is 1.98. The van der Waals surface area contributed by atoms with E-state index in [1.807, 2.05) is 44.2 Å². The molecule has 0 spiro atoms.